The minimum absolute atomic E-state index is 0.0514. The summed E-state index contributed by atoms with van der Waals surface area (Å²) in [5, 5.41) is 18.0. The van der Waals surface area contributed by atoms with Crippen LogP contribution >= 0.6 is 11.6 Å². The van der Waals surface area contributed by atoms with Gasteiger partial charge in [-0.25, -0.2) is 0 Å². The SMILES string of the molecule is CCCN(CC)c1ccc(C=C(C#N)C#N)c(Cl)c1. The average molecular weight is 274 g/mol. The minimum atomic E-state index is 0.0514. The number of benzene rings is 1. The Morgan fingerprint density at radius 3 is 2.47 bits per heavy atom. The van der Waals surface area contributed by atoms with E-state index in [0.29, 0.717) is 10.6 Å². The fourth-order valence-corrected chi connectivity index (χ4v) is 2.04. The summed E-state index contributed by atoms with van der Waals surface area (Å²) in [7, 11) is 0. The molecule has 0 aliphatic heterocycles. The van der Waals surface area contributed by atoms with Gasteiger partial charge < -0.3 is 4.90 Å². The largest absolute Gasteiger partial charge is 0.372 e. The van der Waals surface area contributed by atoms with Gasteiger partial charge in [0, 0.05) is 23.8 Å². The molecule has 0 aliphatic carbocycles. The summed E-state index contributed by atoms with van der Waals surface area (Å²) in [5.41, 5.74) is 1.80. The Kier molecular flexibility index (Phi) is 5.93. The predicted octanol–water partition coefficient (Wildman–Crippen LogP) is 4.01. The molecule has 0 saturated carbocycles. The highest BCUT2D eigenvalue weighted by Crippen LogP contribution is 2.25. The summed E-state index contributed by atoms with van der Waals surface area (Å²) < 4.78 is 0. The van der Waals surface area contributed by atoms with Crippen molar-refractivity contribution in [3.8, 4) is 12.1 Å². The van der Waals surface area contributed by atoms with Gasteiger partial charge >= 0.3 is 0 Å². The van der Waals surface area contributed by atoms with Crippen molar-refractivity contribution in [3.63, 3.8) is 0 Å². The second kappa shape index (κ2) is 7.46. The molecule has 0 bridgehead atoms. The first-order valence-corrected chi connectivity index (χ1v) is 6.60. The van der Waals surface area contributed by atoms with Crippen LogP contribution in [0.3, 0.4) is 0 Å². The van der Waals surface area contributed by atoms with Gasteiger partial charge in [0.05, 0.1) is 0 Å². The van der Waals surface area contributed by atoms with E-state index >= 15 is 0 Å². The minimum Gasteiger partial charge on any atom is -0.372 e. The van der Waals surface area contributed by atoms with Gasteiger partial charge in [-0.3, -0.25) is 0 Å². The molecular formula is C15H16ClN3. The van der Waals surface area contributed by atoms with Crippen LogP contribution in [-0.4, -0.2) is 13.1 Å². The second-order valence-corrected chi connectivity index (χ2v) is 4.47. The number of allylic oxidation sites excluding steroid dienone is 1. The van der Waals surface area contributed by atoms with Crippen molar-refractivity contribution in [1.29, 1.82) is 10.5 Å². The van der Waals surface area contributed by atoms with Gasteiger partial charge in [0.25, 0.3) is 0 Å². The fraction of sp³-hybridized carbons (Fsp3) is 0.333. The molecule has 0 atom stereocenters. The van der Waals surface area contributed by atoms with Gasteiger partial charge in [-0.15, -0.1) is 0 Å². The molecule has 0 aliphatic rings. The molecule has 0 spiro atoms. The van der Waals surface area contributed by atoms with E-state index in [0.717, 1.165) is 25.2 Å². The van der Waals surface area contributed by atoms with E-state index in [1.54, 1.807) is 0 Å². The van der Waals surface area contributed by atoms with Crippen molar-refractivity contribution in [2.45, 2.75) is 20.3 Å². The number of halogens is 1. The molecule has 0 amide bonds. The quantitative estimate of drug-likeness (QED) is 0.762. The lowest BCUT2D eigenvalue weighted by Gasteiger charge is -2.22. The number of nitrogens with zero attached hydrogens (tertiary/aromatic N) is 3. The monoisotopic (exact) mass is 273 g/mol. The van der Waals surface area contributed by atoms with Crippen LogP contribution in [0.25, 0.3) is 6.08 Å². The molecule has 19 heavy (non-hydrogen) atoms. The van der Waals surface area contributed by atoms with Crippen molar-refractivity contribution in [1.82, 2.24) is 0 Å². The highest BCUT2D eigenvalue weighted by atomic mass is 35.5. The number of nitriles is 2. The molecule has 1 aromatic carbocycles. The lowest BCUT2D eigenvalue weighted by molar-refractivity contribution is 0.792. The Labute approximate surface area is 119 Å². The highest BCUT2D eigenvalue weighted by Gasteiger charge is 2.06. The topological polar surface area (TPSA) is 50.8 Å². The van der Waals surface area contributed by atoms with Crippen molar-refractivity contribution in [3.05, 3.63) is 34.4 Å². The number of anilines is 1. The molecule has 98 valence electrons. The summed E-state index contributed by atoms with van der Waals surface area (Å²) in [6, 6.07) is 9.33. The van der Waals surface area contributed by atoms with Crippen molar-refractivity contribution in [2.75, 3.05) is 18.0 Å². The number of rotatable bonds is 5. The van der Waals surface area contributed by atoms with Crippen LogP contribution in [-0.2, 0) is 0 Å². The van der Waals surface area contributed by atoms with E-state index in [2.05, 4.69) is 18.7 Å². The molecule has 0 heterocycles. The molecule has 0 saturated heterocycles. The molecule has 0 N–H and O–H groups in total. The Hall–Kier alpha value is -1.97. The molecule has 4 heteroatoms. The first-order chi connectivity index (χ1) is 9.15. The number of hydrogen-bond acceptors (Lipinski definition) is 3. The molecule has 3 nitrogen and oxygen atoms in total. The molecule has 0 fully saturated rings. The van der Waals surface area contributed by atoms with Crippen LogP contribution in [0.2, 0.25) is 5.02 Å². The predicted molar refractivity (Wildman–Crippen MR) is 78.8 cm³/mol. The standard InChI is InChI=1S/C15H16ClN3/c1-3-7-19(4-2)14-6-5-13(15(16)9-14)8-12(10-17)11-18/h5-6,8-9H,3-4,7H2,1-2H3. The highest BCUT2D eigenvalue weighted by molar-refractivity contribution is 6.32. The van der Waals surface area contributed by atoms with E-state index < -0.39 is 0 Å². The third-order valence-electron chi connectivity index (χ3n) is 2.77. The van der Waals surface area contributed by atoms with E-state index in [9.17, 15) is 0 Å². The summed E-state index contributed by atoms with van der Waals surface area (Å²) in [4.78, 5) is 2.23. The number of hydrogen-bond donors (Lipinski definition) is 0. The third-order valence-corrected chi connectivity index (χ3v) is 3.09. The zero-order valence-corrected chi connectivity index (χ0v) is 11.9. The van der Waals surface area contributed by atoms with E-state index in [4.69, 9.17) is 22.1 Å². The molecular weight excluding hydrogens is 258 g/mol. The Balaban J connectivity index is 3.08. The molecule has 0 radical (unpaired) electrons. The first kappa shape index (κ1) is 15.1. The van der Waals surface area contributed by atoms with Crippen LogP contribution in [0.1, 0.15) is 25.8 Å². The second-order valence-electron chi connectivity index (χ2n) is 4.07. The summed E-state index contributed by atoms with van der Waals surface area (Å²) in [5.74, 6) is 0. The van der Waals surface area contributed by atoms with Gasteiger partial charge in [-0.2, -0.15) is 10.5 Å². The zero-order chi connectivity index (χ0) is 14.3. The molecule has 0 unspecified atom stereocenters. The summed E-state index contributed by atoms with van der Waals surface area (Å²) in [6.45, 7) is 6.12. The van der Waals surface area contributed by atoms with Gasteiger partial charge in [-0.05, 0) is 37.1 Å². The Morgan fingerprint density at radius 1 is 1.32 bits per heavy atom. The maximum atomic E-state index is 8.74. The zero-order valence-electron chi connectivity index (χ0n) is 11.2. The van der Waals surface area contributed by atoms with E-state index in [1.807, 2.05) is 30.3 Å². The Bertz CT molecular complexity index is 533. The molecule has 1 aromatic rings. The summed E-state index contributed by atoms with van der Waals surface area (Å²) >= 11 is 6.20. The molecule has 0 aromatic heterocycles. The maximum absolute atomic E-state index is 8.74. The Morgan fingerprint density at radius 2 is 2.00 bits per heavy atom. The van der Waals surface area contributed by atoms with Gasteiger partial charge in [-0.1, -0.05) is 24.6 Å². The van der Waals surface area contributed by atoms with Crippen molar-refractivity contribution in [2.24, 2.45) is 0 Å². The first-order valence-electron chi connectivity index (χ1n) is 6.22. The smallest absolute Gasteiger partial charge is 0.130 e. The summed E-state index contributed by atoms with van der Waals surface area (Å²) in [6.07, 6.45) is 2.57. The van der Waals surface area contributed by atoms with Crippen molar-refractivity contribution >= 4 is 23.4 Å². The lowest BCUT2D eigenvalue weighted by atomic mass is 10.1. The van der Waals surface area contributed by atoms with Crippen LogP contribution in [0.4, 0.5) is 5.69 Å². The van der Waals surface area contributed by atoms with E-state index in [-0.39, 0.29) is 5.57 Å². The maximum Gasteiger partial charge on any atom is 0.130 e. The lowest BCUT2D eigenvalue weighted by Crippen LogP contribution is -2.23. The average Bonchev–Trinajstić information content (AvgIpc) is 2.43. The van der Waals surface area contributed by atoms with Gasteiger partial charge in [0.15, 0.2) is 0 Å². The van der Waals surface area contributed by atoms with Gasteiger partial charge in [0.1, 0.15) is 17.7 Å². The normalized spacial score (nSPS) is 9.32. The fourth-order valence-electron chi connectivity index (χ4n) is 1.81. The van der Waals surface area contributed by atoms with E-state index in [1.165, 1.54) is 6.08 Å². The van der Waals surface area contributed by atoms with Crippen LogP contribution in [0.15, 0.2) is 23.8 Å². The van der Waals surface area contributed by atoms with Crippen molar-refractivity contribution < 1.29 is 0 Å². The van der Waals surface area contributed by atoms with Crippen LogP contribution in [0, 0.1) is 22.7 Å². The van der Waals surface area contributed by atoms with Crippen LogP contribution < -0.4 is 4.90 Å². The van der Waals surface area contributed by atoms with Crippen LogP contribution in [0.5, 0.6) is 0 Å². The van der Waals surface area contributed by atoms with Gasteiger partial charge in [0.2, 0.25) is 0 Å². The third kappa shape index (κ3) is 4.02. The molecule has 1 rings (SSSR count).